The highest BCUT2D eigenvalue weighted by atomic mass is 32.2. The minimum absolute atomic E-state index is 0.508. The maximum atomic E-state index is 11.1. The lowest BCUT2D eigenvalue weighted by atomic mass is 9.95. The molecule has 0 aromatic carbocycles. The van der Waals surface area contributed by atoms with Gasteiger partial charge in [0.05, 0.1) is 6.26 Å². The number of hydrogen-bond donors (Lipinski definition) is 1. The molecular weight excluding hydrogens is 276 g/mol. The van der Waals surface area contributed by atoms with Crippen LogP contribution >= 0.6 is 0 Å². The third-order valence-corrected chi connectivity index (χ3v) is 4.28. The number of aromatic nitrogens is 2. The Hall–Kier alpha value is -1.21. The average Bonchev–Trinajstić information content (AvgIpc) is 2.38. The Labute approximate surface area is 120 Å². The predicted molar refractivity (Wildman–Crippen MR) is 79.2 cm³/mol. The van der Waals surface area contributed by atoms with Crippen molar-refractivity contribution in [1.29, 1.82) is 0 Å². The summed E-state index contributed by atoms with van der Waals surface area (Å²) >= 11 is 0. The van der Waals surface area contributed by atoms with Crippen molar-refractivity contribution in [2.45, 2.75) is 26.2 Å². The third-order valence-electron chi connectivity index (χ3n) is 3.55. The number of rotatable bonds is 5. The zero-order valence-corrected chi connectivity index (χ0v) is 12.9. The van der Waals surface area contributed by atoms with Crippen LogP contribution in [-0.4, -0.2) is 44.3 Å². The molecule has 0 spiro atoms. The summed E-state index contributed by atoms with van der Waals surface area (Å²) in [5.41, 5.74) is 0.968. The fourth-order valence-electron chi connectivity index (χ4n) is 2.57. The van der Waals surface area contributed by atoms with Crippen molar-refractivity contribution in [3.8, 4) is 0 Å². The summed E-state index contributed by atoms with van der Waals surface area (Å²) in [7, 11) is -3.08. The normalized spacial score (nSPS) is 20.1. The fraction of sp³-hybridized carbons (Fsp3) is 0.692. The maximum absolute atomic E-state index is 11.1. The summed E-state index contributed by atoms with van der Waals surface area (Å²) in [5, 5.41) is 0. The molecule has 0 radical (unpaired) electrons. The maximum Gasteiger partial charge on any atom is 0.208 e. The molecule has 0 saturated carbocycles. The van der Waals surface area contributed by atoms with Crippen molar-refractivity contribution < 1.29 is 8.42 Å². The SMILES string of the molecule is Cc1cc(N2CCCC(CCNS(C)(=O)=O)C2)ncn1. The molecule has 1 atom stereocenters. The van der Waals surface area contributed by atoms with E-state index in [0.29, 0.717) is 12.5 Å². The number of anilines is 1. The Morgan fingerprint density at radius 1 is 1.45 bits per heavy atom. The molecule has 0 bridgehead atoms. The Balaban J connectivity index is 1.88. The summed E-state index contributed by atoms with van der Waals surface area (Å²) in [6.07, 6.45) is 5.93. The van der Waals surface area contributed by atoms with Crippen molar-refractivity contribution in [3.05, 3.63) is 18.1 Å². The topological polar surface area (TPSA) is 75.2 Å². The molecule has 2 rings (SSSR count). The summed E-state index contributed by atoms with van der Waals surface area (Å²) in [6.45, 7) is 4.41. The Morgan fingerprint density at radius 2 is 2.25 bits per heavy atom. The summed E-state index contributed by atoms with van der Waals surface area (Å²) in [4.78, 5) is 10.7. The van der Waals surface area contributed by atoms with Crippen LogP contribution in [0.1, 0.15) is 25.0 Å². The molecule has 20 heavy (non-hydrogen) atoms. The third kappa shape index (κ3) is 4.72. The van der Waals surface area contributed by atoms with Crippen LogP contribution in [0.2, 0.25) is 0 Å². The van der Waals surface area contributed by atoms with Gasteiger partial charge in [-0.1, -0.05) is 0 Å². The Kier molecular flexibility index (Phi) is 4.93. The van der Waals surface area contributed by atoms with E-state index in [1.807, 2.05) is 13.0 Å². The molecule has 1 unspecified atom stereocenters. The molecule has 7 heteroatoms. The van der Waals surface area contributed by atoms with Gasteiger partial charge in [0.2, 0.25) is 10.0 Å². The number of nitrogens with zero attached hydrogens (tertiary/aromatic N) is 3. The highest BCUT2D eigenvalue weighted by Crippen LogP contribution is 2.23. The zero-order valence-electron chi connectivity index (χ0n) is 12.0. The van der Waals surface area contributed by atoms with Gasteiger partial charge in [0.1, 0.15) is 12.1 Å². The van der Waals surface area contributed by atoms with Crippen LogP contribution in [-0.2, 0) is 10.0 Å². The molecule has 1 aromatic rings. The zero-order chi connectivity index (χ0) is 14.6. The largest absolute Gasteiger partial charge is 0.356 e. The van der Waals surface area contributed by atoms with Crippen molar-refractivity contribution in [3.63, 3.8) is 0 Å². The van der Waals surface area contributed by atoms with E-state index in [1.165, 1.54) is 6.26 Å². The monoisotopic (exact) mass is 298 g/mol. The molecule has 1 aliphatic rings. The van der Waals surface area contributed by atoms with Gasteiger partial charge >= 0.3 is 0 Å². The highest BCUT2D eigenvalue weighted by molar-refractivity contribution is 7.88. The molecule has 1 fully saturated rings. The van der Waals surface area contributed by atoms with Crippen LogP contribution < -0.4 is 9.62 Å². The smallest absolute Gasteiger partial charge is 0.208 e. The van der Waals surface area contributed by atoms with E-state index >= 15 is 0 Å². The fourth-order valence-corrected chi connectivity index (χ4v) is 3.06. The van der Waals surface area contributed by atoms with E-state index in [0.717, 1.165) is 43.9 Å². The van der Waals surface area contributed by atoms with Crippen LogP contribution in [0.15, 0.2) is 12.4 Å². The number of hydrogen-bond acceptors (Lipinski definition) is 5. The number of piperidine rings is 1. The first-order valence-corrected chi connectivity index (χ1v) is 8.81. The first-order chi connectivity index (χ1) is 9.44. The molecule has 2 heterocycles. The van der Waals surface area contributed by atoms with Gasteiger partial charge in [-0.2, -0.15) is 0 Å². The minimum atomic E-state index is -3.08. The molecule has 1 aliphatic heterocycles. The molecule has 1 N–H and O–H groups in total. The standard InChI is InChI=1S/C13H22N4O2S/c1-11-8-13(15-10-14-11)17-7-3-4-12(9-17)5-6-16-20(2,18)19/h8,10,12,16H,3-7,9H2,1-2H3. The molecular formula is C13H22N4O2S. The molecule has 1 aromatic heterocycles. The van der Waals surface area contributed by atoms with Crippen LogP contribution in [0.25, 0.3) is 0 Å². The number of sulfonamides is 1. The second kappa shape index (κ2) is 6.49. The summed E-state index contributed by atoms with van der Waals surface area (Å²) in [5.74, 6) is 1.48. The van der Waals surface area contributed by atoms with E-state index in [9.17, 15) is 8.42 Å². The van der Waals surface area contributed by atoms with E-state index < -0.39 is 10.0 Å². The first-order valence-electron chi connectivity index (χ1n) is 6.92. The lowest BCUT2D eigenvalue weighted by molar-refractivity contribution is 0.390. The number of aryl methyl sites for hydroxylation is 1. The van der Waals surface area contributed by atoms with Crippen molar-refractivity contribution in [1.82, 2.24) is 14.7 Å². The minimum Gasteiger partial charge on any atom is -0.356 e. The lowest BCUT2D eigenvalue weighted by Gasteiger charge is -2.33. The van der Waals surface area contributed by atoms with Gasteiger partial charge < -0.3 is 4.90 Å². The van der Waals surface area contributed by atoms with Crippen LogP contribution in [0.4, 0.5) is 5.82 Å². The van der Waals surface area contributed by atoms with Gasteiger partial charge in [-0.25, -0.2) is 23.1 Å². The van der Waals surface area contributed by atoms with Gasteiger partial charge in [-0.05, 0) is 32.1 Å². The number of nitrogens with one attached hydrogen (secondary N) is 1. The molecule has 6 nitrogen and oxygen atoms in total. The highest BCUT2D eigenvalue weighted by Gasteiger charge is 2.21. The van der Waals surface area contributed by atoms with Crippen molar-refractivity contribution in [2.24, 2.45) is 5.92 Å². The van der Waals surface area contributed by atoms with Crippen molar-refractivity contribution >= 4 is 15.8 Å². The van der Waals surface area contributed by atoms with Gasteiger partial charge in [0, 0.05) is 31.4 Å². The summed E-state index contributed by atoms with van der Waals surface area (Å²) in [6, 6.07) is 2.00. The quantitative estimate of drug-likeness (QED) is 0.875. The average molecular weight is 298 g/mol. The summed E-state index contributed by atoms with van der Waals surface area (Å²) < 4.78 is 24.7. The predicted octanol–water partition coefficient (Wildman–Crippen LogP) is 0.941. The Bertz CT molecular complexity index is 547. The first kappa shape index (κ1) is 15.2. The van der Waals surface area contributed by atoms with E-state index in [-0.39, 0.29) is 0 Å². The molecule has 0 amide bonds. The molecule has 112 valence electrons. The van der Waals surface area contributed by atoms with Gasteiger partial charge in [-0.3, -0.25) is 0 Å². The van der Waals surface area contributed by atoms with Gasteiger partial charge in [-0.15, -0.1) is 0 Å². The van der Waals surface area contributed by atoms with E-state index in [4.69, 9.17) is 0 Å². The van der Waals surface area contributed by atoms with Crippen LogP contribution in [0.5, 0.6) is 0 Å². The Morgan fingerprint density at radius 3 is 2.95 bits per heavy atom. The van der Waals surface area contributed by atoms with Gasteiger partial charge in [0.15, 0.2) is 0 Å². The van der Waals surface area contributed by atoms with Crippen molar-refractivity contribution in [2.75, 3.05) is 30.8 Å². The van der Waals surface area contributed by atoms with Gasteiger partial charge in [0.25, 0.3) is 0 Å². The lowest BCUT2D eigenvalue weighted by Crippen LogP contribution is -2.37. The van der Waals surface area contributed by atoms with E-state index in [2.05, 4.69) is 19.6 Å². The molecule has 1 saturated heterocycles. The molecule has 0 aliphatic carbocycles. The van der Waals surface area contributed by atoms with Crippen LogP contribution in [0, 0.1) is 12.8 Å². The second-order valence-corrected chi connectivity index (χ2v) is 7.26. The van der Waals surface area contributed by atoms with E-state index in [1.54, 1.807) is 6.33 Å². The van der Waals surface area contributed by atoms with Crippen LogP contribution in [0.3, 0.4) is 0 Å². The second-order valence-electron chi connectivity index (χ2n) is 5.43.